The summed E-state index contributed by atoms with van der Waals surface area (Å²) in [4.78, 5) is 2.31. The summed E-state index contributed by atoms with van der Waals surface area (Å²) < 4.78 is 0. The number of para-hydroxylation sites is 1. The van der Waals surface area contributed by atoms with Crippen molar-refractivity contribution in [3.05, 3.63) is 65.2 Å². The van der Waals surface area contributed by atoms with Gasteiger partial charge in [0.25, 0.3) is 0 Å². The minimum atomic E-state index is 0.826. The molecule has 0 fully saturated rings. The molecule has 18 heavy (non-hydrogen) atoms. The van der Waals surface area contributed by atoms with Crippen molar-refractivity contribution in [3.63, 3.8) is 0 Å². The average Bonchev–Trinajstić information content (AvgIpc) is 2.42. The van der Waals surface area contributed by atoms with Gasteiger partial charge in [-0.3, -0.25) is 0 Å². The van der Waals surface area contributed by atoms with Gasteiger partial charge in [0.05, 0.1) is 10.7 Å². The van der Waals surface area contributed by atoms with Gasteiger partial charge in [-0.2, -0.15) is 0 Å². The van der Waals surface area contributed by atoms with Crippen molar-refractivity contribution in [1.29, 1.82) is 0 Å². The fourth-order valence-corrected chi connectivity index (χ4v) is 2.32. The number of nitrogens with zero attached hydrogens (tertiary/aromatic N) is 1. The van der Waals surface area contributed by atoms with Crippen molar-refractivity contribution in [2.45, 2.75) is 13.3 Å². The van der Waals surface area contributed by atoms with E-state index in [-0.39, 0.29) is 0 Å². The third-order valence-electron chi connectivity index (χ3n) is 3.09. The molecular weight excluding hydrogens is 242 g/mol. The van der Waals surface area contributed by atoms with Crippen molar-refractivity contribution in [2.24, 2.45) is 0 Å². The summed E-state index contributed by atoms with van der Waals surface area (Å²) in [5.74, 6) is 0. The Labute approximate surface area is 114 Å². The van der Waals surface area contributed by atoms with Crippen LogP contribution in [0.1, 0.15) is 12.5 Å². The van der Waals surface area contributed by atoms with Crippen LogP contribution in [-0.2, 0) is 6.42 Å². The van der Waals surface area contributed by atoms with Gasteiger partial charge < -0.3 is 4.90 Å². The second-order valence-electron chi connectivity index (χ2n) is 4.27. The number of likely N-dealkylation sites (N-methyl/N-ethyl adjacent to an activating group) is 1. The monoisotopic (exact) mass is 259 g/mol. The van der Waals surface area contributed by atoms with Crippen LogP contribution in [-0.4, -0.2) is 13.1 Å². The summed E-state index contributed by atoms with van der Waals surface area (Å²) in [5.41, 5.74) is 2.49. The molecule has 0 aromatic heterocycles. The average molecular weight is 260 g/mol. The van der Waals surface area contributed by atoms with E-state index in [0.29, 0.717) is 0 Å². The molecule has 0 saturated heterocycles. The SMILES string of the molecule is CCN(CCc1ccccc1)c1ccccc1Cl. The zero-order valence-corrected chi connectivity index (χ0v) is 11.4. The molecule has 0 bridgehead atoms. The molecule has 0 radical (unpaired) electrons. The predicted molar refractivity (Wildman–Crippen MR) is 79.5 cm³/mol. The highest BCUT2D eigenvalue weighted by Gasteiger charge is 2.07. The Bertz CT molecular complexity index is 481. The summed E-state index contributed by atoms with van der Waals surface area (Å²) in [5, 5.41) is 0.826. The van der Waals surface area contributed by atoms with Gasteiger partial charge in [-0.15, -0.1) is 0 Å². The Balaban J connectivity index is 2.04. The molecule has 0 saturated carbocycles. The van der Waals surface area contributed by atoms with E-state index in [2.05, 4.69) is 48.2 Å². The largest absolute Gasteiger partial charge is 0.370 e. The zero-order chi connectivity index (χ0) is 12.8. The van der Waals surface area contributed by atoms with E-state index in [4.69, 9.17) is 11.6 Å². The number of hydrogen-bond donors (Lipinski definition) is 0. The second kappa shape index (κ2) is 6.46. The molecule has 2 heteroatoms. The quantitative estimate of drug-likeness (QED) is 0.769. The van der Waals surface area contributed by atoms with Crippen molar-refractivity contribution in [3.8, 4) is 0 Å². The molecule has 0 spiro atoms. The van der Waals surface area contributed by atoms with E-state index in [9.17, 15) is 0 Å². The van der Waals surface area contributed by atoms with Crippen LogP contribution in [0.15, 0.2) is 54.6 Å². The van der Waals surface area contributed by atoms with Crippen LogP contribution in [0.2, 0.25) is 5.02 Å². The van der Waals surface area contributed by atoms with Crippen molar-refractivity contribution in [2.75, 3.05) is 18.0 Å². The lowest BCUT2D eigenvalue weighted by Crippen LogP contribution is -2.25. The molecule has 2 aromatic carbocycles. The Morgan fingerprint density at radius 2 is 1.61 bits per heavy atom. The van der Waals surface area contributed by atoms with E-state index in [1.54, 1.807) is 0 Å². The Kier molecular flexibility index (Phi) is 4.66. The first-order valence-corrected chi connectivity index (χ1v) is 6.72. The van der Waals surface area contributed by atoms with Crippen LogP contribution in [0, 0.1) is 0 Å². The Morgan fingerprint density at radius 3 is 2.28 bits per heavy atom. The minimum Gasteiger partial charge on any atom is -0.370 e. The van der Waals surface area contributed by atoms with Gasteiger partial charge in [0.2, 0.25) is 0 Å². The van der Waals surface area contributed by atoms with E-state index in [1.807, 2.05) is 18.2 Å². The highest BCUT2D eigenvalue weighted by Crippen LogP contribution is 2.25. The first-order valence-electron chi connectivity index (χ1n) is 6.34. The summed E-state index contributed by atoms with van der Waals surface area (Å²) in [6, 6.07) is 18.6. The van der Waals surface area contributed by atoms with Crippen LogP contribution in [0.5, 0.6) is 0 Å². The zero-order valence-electron chi connectivity index (χ0n) is 10.6. The third-order valence-corrected chi connectivity index (χ3v) is 3.41. The van der Waals surface area contributed by atoms with Gasteiger partial charge in [0.15, 0.2) is 0 Å². The van der Waals surface area contributed by atoms with Crippen LogP contribution in [0.25, 0.3) is 0 Å². The third kappa shape index (κ3) is 3.27. The van der Waals surface area contributed by atoms with Crippen molar-refractivity contribution >= 4 is 17.3 Å². The number of halogens is 1. The molecule has 1 nitrogen and oxygen atoms in total. The topological polar surface area (TPSA) is 3.24 Å². The molecule has 0 unspecified atom stereocenters. The molecule has 0 aliphatic rings. The molecule has 0 atom stereocenters. The summed E-state index contributed by atoms with van der Waals surface area (Å²) in [6.45, 7) is 4.12. The number of benzene rings is 2. The van der Waals surface area contributed by atoms with Gasteiger partial charge in [-0.05, 0) is 31.0 Å². The highest BCUT2D eigenvalue weighted by atomic mass is 35.5. The Morgan fingerprint density at radius 1 is 0.944 bits per heavy atom. The maximum absolute atomic E-state index is 6.24. The van der Waals surface area contributed by atoms with Crippen molar-refractivity contribution < 1.29 is 0 Å². The van der Waals surface area contributed by atoms with Gasteiger partial charge in [0.1, 0.15) is 0 Å². The first kappa shape index (κ1) is 13.0. The summed E-state index contributed by atoms with van der Waals surface area (Å²) >= 11 is 6.24. The second-order valence-corrected chi connectivity index (χ2v) is 4.67. The summed E-state index contributed by atoms with van der Waals surface area (Å²) in [6.07, 6.45) is 1.04. The molecule has 0 heterocycles. The molecule has 94 valence electrons. The fraction of sp³-hybridized carbons (Fsp3) is 0.250. The van der Waals surface area contributed by atoms with Crippen LogP contribution in [0.3, 0.4) is 0 Å². The van der Waals surface area contributed by atoms with Crippen LogP contribution in [0.4, 0.5) is 5.69 Å². The van der Waals surface area contributed by atoms with Crippen LogP contribution < -0.4 is 4.90 Å². The van der Waals surface area contributed by atoms with E-state index in [0.717, 1.165) is 30.2 Å². The van der Waals surface area contributed by atoms with Gasteiger partial charge in [-0.1, -0.05) is 54.1 Å². The lowest BCUT2D eigenvalue weighted by atomic mass is 10.1. The van der Waals surface area contributed by atoms with Crippen molar-refractivity contribution in [1.82, 2.24) is 0 Å². The standard InChI is InChI=1S/C16H18ClN/c1-2-18(16-11-7-6-10-15(16)17)13-12-14-8-4-3-5-9-14/h3-11H,2,12-13H2,1H3. The van der Waals surface area contributed by atoms with E-state index < -0.39 is 0 Å². The Hall–Kier alpha value is -1.47. The highest BCUT2D eigenvalue weighted by molar-refractivity contribution is 6.33. The molecule has 0 N–H and O–H groups in total. The first-order chi connectivity index (χ1) is 8.81. The number of rotatable bonds is 5. The van der Waals surface area contributed by atoms with Gasteiger partial charge in [-0.25, -0.2) is 0 Å². The smallest absolute Gasteiger partial charge is 0.0639 e. The molecule has 0 aliphatic carbocycles. The number of hydrogen-bond acceptors (Lipinski definition) is 1. The normalized spacial score (nSPS) is 10.3. The molecule has 2 aromatic rings. The van der Waals surface area contributed by atoms with Gasteiger partial charge in [0, 0.05) is 13.1 Å². The van der Waals surface area contributed by atoms with E-state index in [1.165, 1.54) is 5.56 Å². The molecule has 2 rings (SSSR count). The fourth-order valence-electron chi connectivity index (χ4n) is 2.07. The lowest BCUT2D eigenvalue weighted by molar-refractivity contribution is 0.809. The molecule has 0 amide bonds. The predicted octanol–water partition coefficient (Wildman–Crippen LogP) is 4.41. The maximum Gasteiger partial charge on any atom is 0.0639 e. The molecular formula is C16H18ClN. The number of anilines is 1. The summed E-state index contributed by atoms with van der Waals surface area (Å²) in [7, 11) is 0. The minimum absolute atomic E-state index is 0.826. The molecule has 0 aliphatic heterocycles. The maximum atomic E-state index is 6.24. The van der Waals surface area contributed by atoms with Crippen LogP contribution >= 0.6 is 11.6 Å². The lowest BCUT2D eigenvalue weighted by Gasteiger charge is -2.24. The van der Waals surface area contributed by atoms with E-state index >= 15 is 0 Å². The van der Waals surface area contributed by atoms with Gasteiger partial charge >= 0.3 is 0 Å².